The molecule has 1 N–H and O–H groups in total. The average Bonchev–Trinajstić information content (AvgIpc) is 3.25. The van der Waals surface area contributed by atoms with Crippen LogP contribution in [0.15, 0.2) is 46.9 Å². The van der Waals surface area contributed by atoms with Crippen molar-refractivity contribution in [3.8, 4) is 11.5 Å². The van der Waals surface area contributed by atoms with Gasteiger partial charge in [0, 0.05) is 29.3 Å². The van der Waals surface area contributed by atoms with Crippen molar-refractivity contribution in [2.24, 2.45) is 0 Å². The Bertz CT molecular complexity index is 881. The number of hydrogen-bond acceptors (Lipinski definition) is 4. The fourth-order valence-electron chi connectivity index (χ4n) is 2.96. The Balaban J connectivity index is 1.54. The molecule has 1 amide bonds. The number of rotatable bonds is 8. The maximum Gasteiger partial charge on any atom is 0.244 e. The van der Waals surface area contributed by atoms with E-state index in [1.807, 2.05) is 18.2 Å². The van der Waals surface area contributed by atoms with E-state index in [4.69, 9.17) is 14.2 Å². The van der Waals surface area contributed by atoms with Gasteiger partial charge in [0.25, 0.3) is 0 Å². The topological polar surface area (TPSA) is 56.8 Å². The van der Waals surface area contributed by atoms with Crippen LogP contribution in [0, 0.1) is 5.82 Å². The Morgan fingerprint density at radius 1 is 1.31 bits per heavy atom. The van der Waals surface area contributed by atoms with Crippen LogP contribution >= 0.6 is 15.9 Å². The Labute approximate surface area is 178 Å². The number of methoxy groups -OCH3 is 1. The minimum atomic E-state index is -0.388. The first-order chi connectivity index (χ1) is 14.0. The van der Waals surface area contributed by atoms with Crippen molar-refractivity contribution in [2.75, 3.05) is 20.3 Å². The lowest BCUT2D eigenvalue weighted by atomic mass is 10.2. The minimum Gasteiger partial charge on any atom is -0.493 e. The summed E-state index contributed by atoms with van der Waals surface area (Å²) in [6, 6.07) is 10.1. The van der Waals surface area contributed by atoms with Crippen molar-refractivity contribution in [3.05, 3.63) is 63.9 Å². The predicted molar refractivity (Wildman–Crippen MR) is 112 cm³/mol. The maximum atomic E-state index is 13.7. The molecule has 0 bridgehead atoms. The number of ether oxygens (including phenoxy) is 3. The van der Waals surface area contributed by atoms with Gasteiger partial charge in [-0.15, -0.1) is 0 Å². The molecule has 1 saturated heterocycles. The minimum absolute atomic E-state index is 0.125. The molecular weight excluding hydrogens is 441 g/mol. The van der Waals surface area contributed by atoms with Crippen LogP contribution in [-0.4, -0.2) is 32.3 Å². The van der Waals surface area contributed by atoms with Crippen molar-refractivity contribution in [1.29, 1.82) is 0 Å². The van der Waals surface area contributed by atoms with E-state index in [2.05, 4.69) is 21.2 Å². The summed E-state index contributed by atoms with van der Waals surface area (Å²) in [5.74, 6) is 0.534. The number of carbonyl (C=O) groups excluding carboxylic acids is 1. The van der Waals surface area contributed by atoms with Crippen molar-refractivity contribution in [1.82, 2.24) is 5.32 Å². The number of hydrogen-bond donors (Lipinski definition) is 1. The molecule has 29 heavy (non-hydrogen) atoms. The molecule has 1 aliphatic rings. The maximum absolute atomic E-state index is 13.7. The van der Waals surface area contributed by atoms with Gasteiger partial charge in [-0.1, -0.05) is 22.0 Å². The molecule has 0 saturated carbocycles. The van der Waals surface area contributed by atoms with E-state index in [0.29, 0.717) is 30.2 Å². The highest BCUT2D eigenvalue weighted by molar-refractivity contribution is 9.10. The lowest BCUT2D eigenvalue weighted by molar-refractivity contribution is -0.116. The third-order valence-corrected chi connectivity index (χ3v) is 5.01. The first kappa shape index (κ1) is 21.3. The number of carbonyl (C=O) groups is 1. The van der Waals surface area contributed by atoms with E-state index in [1.54, 1.807) is 19.2 Å². The van der Waals surface area contributed by atoms with Crippen molar-refractivity contribution >= 4 is 27.9 Å². The van der Waals surface area contributed by atoms with Crippen LogP contribution in [0.4, 0.5) is 4.39 Å². The molecule has 0 aliphatic carbocycles. The molecule has 1 heterocycles. The second kappa shape index (κ2) is 10.4. The molecular formula is C22H23BrFNO4. The summed E-state index contributed by atoms with van der Waals surface area (Å²) in [7, 11) is 1.58. The summed E-state index contributed by atoms with van der Waals surface area (Å²) >= 11 is 3.28. The van der Waals surface area contributed by atoms with Crippen LogP contribution in [0.2, 0.25) is 0 Å². The Morgan fingerprint density at radius 3 is 2.93 bits per heavy atom. The van der Waals surface area contributed by atoms with E-state index in [1.165, 1.54) is 18.2 Å². The van der Waals surface area contributed by atoms with Gasteiger partial charge in [-0.25, -0.2) is 4.39 Å². The van der Waals surface area contributed by atoms with Gasteiger partial charge in [0.15, 0.2) is 11.5 Å². The lowest BCUT2D eigenvalue weighted by Crippen LogP contribution is -2.20. The molecule has 7 heteroatoms. The standard InChI is InChI=1S/C22H23BrFNO4/c1-27-21-11-15(4-8-20(21)29-14-18-3-2-10-28-18)13-25-22(26)9-5-16-12-17(23)6-7-19(16)24/h4-9,11-12,18H,2-3,10,13-14H2,1H3,(H,25,26)/b9-5+. The summed E-state index contributed by atoms with van der Waals surface area (Å²) in [6.45, 7) is 1.59. The Kier molecular flexibility index (Phi) is 7.66. The van der Waals surface area contributed by atoms with Gasteiger partial charge >= 0.3 is 0 Å². The molecule has 2 aromatic rings. The monoisotopic (exact) mass is 463 g/mol. The van der Waals surface area contributed by atoms with Crippen LogP contribution in [0.25, 0.3) is 6.08 Å². The fourth-order valence-corrected chi connectivity index (χ4v) is 3.33. The highest BCUT2D eigenvalue weighted by atomic mass is 79.9. The highest BCUT2D eigenvalue weighted by Crippen LogP contribution is 2.29. The number of benzene rings is 2. The second-order valence-corrected chi connectivity index (χ2v) is 7.56. The van der Waals surface area contributed by atoms with Crippen molar-refractivity contribution in [3.63, 3.8) is 0 Å². The number of nitrogens with one attached hydrogen (secondary N) is 1. The normalized spacial score (nSPS) is 16.2. The molecule has 0 spiro atoms. The van der Waals surface area contributed by atoms with Gasteiger partial charge < -0.3 is 19.5 Å². The van der Waals surface area contributed by atoms with Crippen LogP contribution in [-0.2, 0) is 16.1 Å². The molecule has 0 aromatic heterocycles. The van der Waals surface area contributed by atoms with Gasteiger partial charge in [0.05, 0.1) is 13.2 Å². The molecule has 154 valence electrons. The third kappa shape index (κ3) is 6.30. The SMILES string of the molecule is COc1cc(CNC(=O)/C=C/c2cc(Br)ccc2F)ccc1OCC1CCCO1. The van der Waals surface area contributed by atoms with E-state index in [-0.39, 0.29) is 17.8 Å². The van der Waals surface area contributed by atoms with E-state index >= 15 is 0 Å². The van der Waals surface area contributed by atoms with Gasteiger partial charge in [0.1, 0.15) is 12.4 Å². The van der Waals surface area contributed by atoms with E-state index in [0.717, 1.165) is 29.5 Å². The van der Waals surface area contributed by atoms with Crippen LogP contribution in [0.5, 0.6) is 11.5 Å². The summed E-state index contributed by atoms with van der Waals surface area (Å²) in [6.07, 6.45) is 4.94. The zero-order valence-electron chi connectivity index (χ0n) is 16.1. The van der Waals surface area contributed by atoms with Crippen molar-refractivity contribution in [2.45, 2.75) is 25.5 Å². The van der Waals surface area contributed by atoms with Crippen LogP contribution in [0.1, 0.15) is 24.0 Å². The van der Waals surface area contributed by atoms with Gasteiger partial charge in [-0.2, -0.15) is 0 Å². The molecule has 1 atom stereocenters. The molecule has 3 rings (SSSR count). The van der Waals surface area contributed by atoms with Crippen LogP contribution in [0.3, 0.4) is 0 Å². The summed E-state index contributed by atoms with van der Waals surface area (Å²) in [5, 5.41) is 2.77. The number of amides is 1. The lowest BCUT2D eigenvalue weighted by Gasteiger charge is -2.15. The Hall–Kier alpha value is -2.38. The molecule has 5 nitrogen and oxygen atoms in total. The van der Waals surface area contributed by atoms with Gasteiger partial charge in [0.2, 0.25) is 5.91 Å². The summed E-state index contributed by atoms with van der Waals surface area (Å²) in [5.41, 5.74) is 1.20. The largest absolute Gasteiger partial charge is 0.493 e. The molecule has 0 radical (unpaired) electrons. The summed E-state index contributed by atoms with van der Waals surface area (Å²) in [4.78, 5) is 12.1. The third-order valence-electron chi connectivity index (χ3n) is 4.52. The molecule has 1 fully saturated rings. The molecule has 1 unspecified atom stereocenters. The molecule has 2 aromatic carbocycles. The average molecular weight is 464 g/mol. The van der Waals surface area contributed by atoms with Crippen molar-refractivity contribution < 1.29 is 23.4 Å². The Morgan fingerprint density at radius 2 is 2.17 bits per heavy atom. The fraction of sp³-hybridized carbons (Fsp3) is 0.318. The number of halogens is 2. The van der Waals surface area contributed by atoms with Gasteiger partial charge in [-0.05, 0) is 54.8 Å². The van der Waals surface area contributed by atoms with Crippen LogP contribution < -0.4 is 14.8 Å². The van der Waals surface area contributed by atoms with E-state index < -0.39 is 0 Å². The predicted octanol–water partition coefficient (Wildman–Crippen LogP) is 4.48. The first-order valence-corrected chi connectivity index (χ1v) is 10.2. The highest BCUT2D eigenvalue weighted by Gasteiger charge is 2.17. The van der Waals surface area contributed by atoms with E-state index in [9.17, 15) is 9.18 Å². The summed E-state index contributed by atoms with van der Waals surface area (Å²) < 4.78 is 31.2. The smallest absolute Gasteiger partial charge is 0.244 e. The quantitative estimate of drug-likeness (QED) is 0.586. The van der Waals surface area contributed by atoms with Gasteiger partial charge in [-0.3, -0.25) is 4.79 Å². The first-order valence-electron chi connectivity index (χ1n) is 9.37. The zero-order valence-corrected chi connectivity index (χ0v) is 17.7. The second-order valence-electron chi connectivity index (χ2n) is 6.65. The molecule has 1 aliphatic heterocycles. The zero-order chi connectivity index (χ0) is 20.6.